The predicted molar refractivity (Wildman–Crippen MR) is 75.5 cm³/mol. The molecular weight excluding hydrogens is 232 g/mol. The quantitative estimate of drug-likeness (QED) is 0.735. The first-order valence-corrected chi connectivity index (χ1v) is 6.66. The first-order valence-electron chi connectivity index (χ1n) is 6.28. The highest BCUT2D eigenvalue weighted by Gasteiger charge is 2.04. The standard InChI is InChI=1S/C14H23ClN2/c1-11(2)9-14(16)10-17-8-7-12-3-5-13(15)6-4-12/h3-6,11,14,17H,7-10,16H2,1-2H3. The molecule has 0 aromatic heterocycles. The molecular formula is C14H23ClN2. The fraction of sp³-hybridized carbons (Fsp3) is 0.571. The molecule has 0 radical (unpaired) electrons. The van der Waals surface area contributed by atoms with Gasteiger partial charge in [0.1, 0.15) is 0 Å². The van der Waals surface area contributed by atoms with Gasteiger partial charge in [0.05, 0.1) is 0 Å². The molecule has 1 atom stereocenters. The van der Waals surface area contributed by atoms with Crippen molar-refractivity contribution in [2.24, 2.45) is 11.7 Å². The van der Waals surface area contributed by atoms with Crippen LogP contribution in [0.2, 0.25) is 5.02 Å². The van der Waals surface area contributed by atoms with Crippen LogP contribution in [0.25, 0.3) is 0 Å². The van der Waals surface area contributed by atoms with E-state index in [-0.39, 0.29) is 6.04 Å². The van der Waals surface area contributed by atoms with E-state index in [1.54, 1.807) is 0 Å². The minimum Gasteiger partial charge on any atom is -0.327 e. The molecule has 96 valence electrons. The van der Waals surface area contributed by atoms with E-state index < -0.39 is 0 Å². The fourth-order valence-electron chi connectivity index (χ4n) is 1.86. The van der Waals surface area contributed by atoms with Crippen molar-refractivity contribution in [2.45, 2.75) is 32.7 Å². The van der Waals surface area contributed by atoms with E-state index in [0.717, 1.165) is 31.0 Å². The Kier molecular flexibility index (Phi) is 6.56. The Morgan fingerprint density at radius 3 is 2.47 bits per heavy atom. The van der Waals surface area contributed by atoms with Crippen molar-refractivity contribution >= 4 is 11.6 Å². The van der Waals surface area contributed by atoms with Crippen LogP contribution in [0.4, 0.5) is 0 Å². The lowest BCUT2D eigenvalue weighted by atomic mass is 10.0. The monoisotopic (exact) mass is 254 g/mol. The summed E-state index contributed by atoms with van der Waals surface area (Å²) in [5, 5.41) is 4.19. The Balaban J connectivity index is 2.13. The van der Waals surface area contributed by atoms with Gasteiger partial charge in [-0.1, -0.05) is 37.6 Å². The van der Waals surface area contributed by atoms with Gasteiger partial charge in [-0.2, -0.15) is 0 Å². The Morgan fingerprint density at radius 2 is 1.88 bits per heavy atom. The van der Waals surface area contributed by atoms with Gasteiger partial charge in [-0.05, 0) is 43.0 Å². The van der Waals surface area contributed by atoms with Crippen LogP contribution in [-0.4, -0.2) is 19.1 Å². The molecule has 2 nitrogen and oxygen atoms in total. The molecule has 0 heterocycles. The number of nitrogens with one attached hydrogen (secondary N) is 1. The lowest BCUT2D eigenvalue weighted by Gasteiger charge is -2.14. The van der Waals surface area contributed by atoms with Gasteiger partial charge in [-0.3, -0.25) is 0 Å². The summed E-state index contributed by atoms with van der Waals surface area (Å²) in [4.78, 5) is 0. The van der Waals surface area contributed by atoms with Crippen molar-refractivity contribution in [3.8, 4) is 0 Å². The first-order chi connectivity index (χ1) is 8.08. The van der Waals surface area contributed by atoms with Crippen LogP contribution < -0.4 is 11.1 Å². The maximum atomic E-state index is 5.99. The molecule has 1 aromatic carbocycles. The van der Waals surface area contributed by atoms with Crippen LogP contribution in [0, 0.1) is 5.92 Å². The Bertz CT molecular complexity index is 309. The van der Waals surface area contributed by atoms with Crippen LogP contribution in [0.15, 0.2) is 24.3 Å². The molecule has 0 aliphatic heterocycles. The molecule has 0 fully saturated rings. The second-order valence-corrected chi connectivity index (χ2v) is 5.41. The van der Waals surface area contributed by atoms with Gasteiger partial charge < -0.3 is 11.1 Å². The summed E-state index contributed by atoms with van der Waals surface area (Å²) in [6, 6.07) is 8.26. The molecule has 1 aromatic rings. The van der Waals surface area contributed by atoms with Crippen LogP contribution in [0.1, 0.15) is 25.8 Å². The highest BCUT2D eigenvalue weighted by Crippen LogP contribution is 2.09. The molecule has 0 saturated carbocycles. The van der Waals surface area contributed by atoms with E-state index in [1.807, 2.05) is 12.1 Å². The summed E-state index contributed by atoms with van der Waals surface area (Å²) in [6.07, 6.45) is 2.10. The Morgan fingerprint density at radius 1 is 1.24 bits per heavy atom. The Hall–Kier alpha value is -0.570. The van der Waals surface area contributed by atoms with Gasteiger partial charge in [0.2, 0.25) is 0 Å². The Labute approximate surface area is 110 Å². The maximum absolute atomic E-state index is 5.99. The lowest BCUT2D eigenvalue weighted by Crippen LogP contribution is -2.35. The second kappa shape index (κ2) is 7.70. The summed E-state index contributed by atoms with van der Waals surface area (Å²) in [7, 11) is 0. The number of hydrogen-bond acceptors (Lipinski definition) is 2. The summed E-state index contributed by atoms with van der Waals surface area (Å²) in [5.41, 5.74) is 7.30. The van der Waals surface area contributed by atoms with Gasteiger partial charge in [0.25, 0.3) is 0 Å². The smallest absolute Gasteiger partial charge is 0.0406 e. The summed E-state index contributed by atoms with van der Waals surface area (Å²) in [6.45, 7) is 6.26. The van der Waals surface area contributed by atoms with E-state index in [0.29, 0.717) is 5.92 Å². The van der Waals surface area contributed by atoms with Crippen molar-refractivity contribution in [3.05, 3.63) is 34.9 Å². The molecule has 3 N–H and O–H groups in total. The van der Waals surface area contributed by atoms with Gasteiger partial charge in [-0.15, -0.1) is 0 Å². The third-order valence-electron chi connectivity index (χ3n) is 2.68. The molecule has 17 heavy (non-hydrogen) atoms. The zero-order valence-electron chi connectivity index (χ0n) is 10.7. The highest BCUT2D eigenvalue weighted by atomic mass is 35.5. The number of nitrogens with two attached hydrogens (primary N) is 1. The zero-order valence-corrected chi connectivity index (χ0v) is 11.5. The summed E-state index contributed by atoms with van der Waals surface area (Å²) in [5.74, 6) is 0.670. The van der Waals surface area contributed by atoms with E-state index in [4.69, 9.17) is 17.3 Å². The average Bonchev–Trinajstić information content (AvgIpc) is 2.26. The lowest BCUT2D eigenvalue weighted by molar-refractivity contribution is 0.469. The molecule has 0 saturated heterocycles. The fourth-order valence-corrected chi connectivity index (χ4v) is 1.99. The van der Waals surface area contributed by atoms with Gasteiger partial charge in [-0.25, -0.2) is 0 Å². The molecule has 0 bridgehead atoms. The van der Waals surface area contributed by atoms with E-state index >= 15 is 0 Å². The van der Waals surface area contributed by atoms with Crippen molar-refractivity contribution < 1.29 is 0 Å². The normalized spacial score (nSPS) is 13.0. The van der Waals surface area contributed by atoms with Gasteiger partial charge >= 0.3 is 0 Å². The van der Waals surface area contributed by atoms with Crippen LogP contribution >= 0.6 is 11.6 Å². The average molecular weight is 255 g/mol. The largest absolute Gasteiger partial charge is 0.327 e. The van der Waals surface area contributed by atoms with Crippen molar-refractivity contribution in [1.82, 2.24) is 5.32 Å². The predicted octanol–water partition coefficient (Wildman–Crippen LogP) is 2.85. The molecule has 1 rings (SSSR count). The van der Waals surface area contributed by atoms with Crippen LogP contribution in [0.5, 0.6) is 0 Å². The number of rotatable bonds is 7. The van der Waals surface area contributed by atoms with E-state index in [2.05, 4.69) is 31.3 Å². The van der Waals surface area contributed by atoms with Crippen LogP contribution in [-0.2, 0) is 6.42 Å². The van der Waals surface area contributed by atoms with Gasteiger partial charge in [0, 0.05) is 17.6 Å². The molecule has 3 heteroatoms. The SMILES string of the molecule is CC(C)CC(N)CNCCc1ccc(Cl)cc1. The molecule has 0 amide bonds. The van der Waals surface area contributed by atoms with Crippen molar-refractivity contribution in [2.75, 3.05) is 13.1 Å². The van der Waals surface area contributed by atoms with Crippen molar-refractivity contribution in [1.29, 1.82) is 0 Å². The van der Waals surface area contributed by atoms with E-state index in [9.17, 15) is 0 Å². The third kappa shape index (κ3) is 6.67. The molecule has 0 aliphatic rings. The highest BCUT2D eigenvalue weighted by molar-refractivity contribution is 6.30. The summed E-state index contributed by atoms with van der Waals surface area (Å²) < 4.78 is 0. The first kappa shape index (κ1) is 14.5. The van der Waals surface area contributed by atoms with E-state index in [1.165, 1.54) is 5.56 Å². The minimum atomic E-state index is 0.264. The van der Waals surface area contributed by atoms with Gasteiger partial charge in [0.15, 0.2) is 0 Å². The van der Waals surface area contributed by atoms with Crippen molar-refractivity contribution in [3.63, 3.8) is 0 Å². The summed E-state index contributed by atoms with van der Waals surface area (Å²) >= 11 is 5.83. The molecule has 1 unspecified atom stereocenters. The number of halogens is 1. The molecule has 0 spiro atoms. The minimum absolute atomic E-state index is 0.264. The van der Waals surface area contributed by atoms with Crippen LogP contribution in [0.3, 0.4) is 0 Å². The maximum Gasteiger partial charge on any atom is 0.0406 e. The number of benzene rings is 1. The second-order valence-electron chi connectivity index (χ2n) is 4.97. The zero-order chi connectivity index (χ0) is 12.7. The number of hydrogen-bond donors (Lipinski definition) is 2. The molecule has 0 aliphatic carbocycles. The topological polar surface area (TPSA) is 38.0 Å². The third-order valence-corrected chi connectivity index (χ3v) is 2.94.